The molecule has 1 unspecified atom stereocenters. The van der Waals surface area contributed by atoms with Gasteiger partial charge in [-0.05, 0) is 25.8 Å². The van der Waals surface area contributed by atoms with E-state index in [4.69, 9.17) is 4.74 Å². The van der Waals surface area contributed by atoms with E-state index in [1.54, 1.807) is 0 Å². The molecule has 0 radical (unpaired) electrons. The van der Waals surface area contributed by atoms with Crippen molar-refractivity contribution in [1.29, 1.82) is 0 Å². The van der Waals surface area contributed by atoms with Gasteiger partial charge in [0.05, 0.1) is 13.0 Å². The molecule has 0 bridgehead atoms. The molecule has 0 aliphatic rings. The van der Waals surface area contributed by atoms with Gasteiger partial charge >= 0.3 is 5.97 Å². The van der Waals surface area contributed by atoms with Gasteiger partial charge in [0.15, 0.2) is 0 Å². The van der Waals surface area contributed by atoms with Crippen LogP contribution in [-0.4, -0.2) is 13.1 Å². The monoisotopic (exact) mass is 234 g/mol. The molecule has 1 aromatic carbocycles. The normalized spacial score (nSPS) is 12.2. The standard InChI is InChI=1S/C15H22O2/c1-5-6-7-14(15(16)17-4)13-9-11(2)8-12(3)10-13/h8-10,14H,5-7H2,1-4H3. The summed E-state index contributed by atoms with van der Waals surface area (Å²) in [6.07, 6.45) is 3.01. The lowest BCUT2D eigenvalue weighted by atomic mass is 9.91. The lowest BCUT2D eigenvalue weighted by Gasteiger charge is -2.16. The Morgan fingerprint density at radius 2 is 1.82 bits per heavy atom. The zero-order chi connectivity index (χ0) is 12.8. The van der Waals surface area contributed by atoms with Crippen LogP contribution in [0.15, 0.2) is 18.2 Å². The number of carbonyl (C=O) groups excluding carboxylic acids is 1. The van der Waals surface area contributed by atoms with E-state index >= 15 is 0 Å². The molecular weight excluding hydrogens is 212 g/mol. The summed E-state index contributed by atoms with van der Waals surface area (Å²) >= 11 is 0. The van der Waals surface area contributed by atoms with Gasteiger partial charge < -0.3 is 4.74 Å². The van der Waals surface area contributed by atoms with Crippen LogP contribution >= 0.6 is 0 Å². The molecule has 0 aliphatic heterocycles. The Bertz CT molecular complexity index is 362. The van der Waals surface area contributed by atoms with Gasteiger partial charge in [0.25, 0.3) is 0 Å². The Kier molecular flexibility index (Phi) is 5.20. The fraction of sp³-hybridized carbons (Fsp3) is 0.533. The Hall–Kier alpha value is -1.31. The van der Waals surface area contributed by atoms with Crippen molar-refractivity contribution in [2.45, 2.75) is 46.0 Å². The van der Waals surface area contributed by atoms with Crippen molar-refractivity contribution in [3.05, 3.63) is 34.9 Å². The van der Waals surface area contributed by atoms with Crippen LogP contribution in [-0.2, 0) is 9.53 Å². The van der Waals surface area contributed by atoms with Crippen molar-refractivity contribution in [2.24, 2.45) is 0 Å². The predicted molar refractivity (Wildman–Crippen MR) is 70.2 cm³/mol. The topological polar surface area (TPSA) is 26.3 Å². The average Bonchev–Trinajstić information content (AvgIpc) is 2.28. The van der Waals surface area contributed by atoms with Crippen molar-refractivity contribution in [1.82, 2.24) is 0 Å². The number of hydrogen-bond donors (Lipinski definition) is 0. The number of benzene rings is 1. The summed E-state index contributed by atoms with van der Waals surface area (Å²) in [6.45, 7) is 6.26. The minimum Gasteiger partial charge on any atom is -0.469 e. The van der Waals surface area contributed by atoms with Gasteiger partial charge in [0.1, 0.15) is 0 Å². The van der Waals surface area contributed by atoms with E-state index in [1.807, 2.05) is 0 Å². The van der Waals surface area contributed by atoms with E-state index in [2.05, 4.69) is 39.0 Å². The average molecular weight is 234 g/mol. The summed E-state index contributed by atoms with van der Waals surface area (Å²) in [5.41, 5.74) is 3.48. The molecule has 0 saturated carbocycles. The number of carbonyl (C=O) groups is 1. The second kappa shape index (κ2) is 6.43. The highest BCUT2D eigenvalue weighted by Crippen LogP contribution is 2.25. The molecule has 1 rings (SSSR count). The third-order valence-corrected chi connectivity index (χ3v) is 2.98. The largest absolute Gasteiger partial charge is 0.469 e. The fourth-order valence-corrected chi connectivity index (χ4v) is 2.18. The highest BCUT2D eigenvalue weighted by atomic mass is 16.5. The number of esters is 1. The van der Waals surface area contributed by atoms with Gasteiger partial charge in [-0.2, -0.15) is 0 Å². The maximum Gasteiger partial charge on any atom is 0.313 e. The molecule has 0 aromatic heterocycles. The molecule has 1 aromatic rings. The second-order valence-electron chi connectivity index (χ2n) is 4.64. The van der Waals surface area contributed by atoms with E-state index in [9.17, 15) is 4.79 Å². The third-order valence-electron chi connectivity index (χ3n) is 2.98. The van der Waals surface area contributed by atoms with E-state index < -0.39 is 0 Å². The third kappa shape index (κ3) is 3.88. The van der Waals surface area contributed by atoms with Crippen LogP contribution in [0.3, 0.4) is 0 Å². The van der Waals surface area contributed by atoms with Crippen LogP contribution in [0.1, 0.15) is 48.8 Å². The molecule has 2 heteroatoms. The maximum atomic E-state index is 11.8. The van der Waals surface area contributed by atoms with Crippen LogP contribution in [0.5, 0.6) is 0 Å². The van der Waals surface area contributed by atoms with E-state index in [-0.39, 0.29) is 11.9 Å². The molecule has 0 spiro atoms. The molecule has 0 fully saturated rings. The smallest absolute Gasteiger partial charge is 0.313 e. The van der Waals surface area contributed by atoms with Crippen molar-refractivity contribution in [2.75, 3.05) is 7.11 Å². The lowest BCUT2D eigenvalue weighted by Crippen LogP contribution is -2.14. The first-order valence-electron chi connectivity index (χ1n) is 6.24. The minimum absolute atomic E-state index is 0.112. The van der Waals surface area contributed by atoms with Crippen LogP contribution < -0.4 is 0 Å². The molecule has 0 heterocycles. The van der Waals surface area contributed by atoms with Crippen LogP contribution in [0, 0.1) is 13.8 Å². The summed E-state index contributed by atoms with van der Waals surface area (Å²) in [4.78, 5) is 11.8. The quantitative estimate of drug-likeness (QED) is 0.725. The summed E-state index contributed by atoms with van der Waals surface area (Å²) in [7, 11) is 1.46. The predicted octanol–water partition coefficient (Wildman–Crippen LogP) is 3.75. The van der Waals surface area contributed by atoms with Crippen molar-refractivity contribution in [3.8, 4) is 0 Å². The molecule has 0 N–H and O–H groups in total. The lowest BCUT2D eigenvalue weighted by molar-refractivity contribution is -0.142. The molecule has 2 nitrogen and oxygen atoms in total. The van der Waals surface area contributed by atoms with E-state index in [0.717, 1.165) is 24.8 Å². The Balaban J connectivity index is 2.98. The molecular formula is C15H22O2. The zero-order valence-electron chi connectivity index (χ0n) is 11.2. The minimum atomic E-state index is -0.122. The Morgan fingerprint density at radius 1 is 1.24 bits per heavy atom. The molecule has 0 aliphatic carbocycles. The van der Waals surface area contributed by atoms with Gasteiger partial charge in [0.2, 0.25) is 0 Å². The van der Waals surface area contributed by atoms with E-state index in [0.29, 0.717) is 0 Å². The SMILES string of the molecule is CCCCC(C(=O)OC)c1cc(C)cc(C)c1. The Labute approximate surface area is 104 Å². The van der Waals surface area contributed by atoms with Gasteiger partial charge in [-0.1, -0.05) is 49.1 Å². The summed E-state index contributed by atoms with van der Waals surface area (Å²) in [5.74, 6) is -0.234. The van der Waals surface area contributed by atoms with Crippen LogP contribution in [0.25, 0.3) is 0 Å². The highest BCUT2D eigenvalue weighted by molar-refractivity contribution is 5.78. The first-order chi connectivity index (χ1) is 8.08. The van der Waals surface area contributed by atoms with Gasteiger partial charge in [0, 0.05) is 0 Å². The summed E-state index contributed by atoms with van der Waals surface area (Å²) < 4.78 is 4.90. The van der Waals surface area contributed by atoms with Crippen molar-refractivity contribution >= 4 is 5.97 Å². The number of ether oxygens (including phenoxy) is 1. The number of rotatable bonds is 5. The summed E-state index contributed by atoms with van der Waals surface area (Å²) in [6, 6.07) is 6.30. The number of methoxy groups -OCH3 is 1. The number of aryl methyl sites for hydroxylation is 2. The molecule has 94 valence electrons. The first kappa shape index (κ1) is 13.8. The number of hydrogen-bond acceptors (Lipinski definition) is 2. The van der Waals surface area contributed by atoms with E-state index in [1.165, 1.54) is 18.2 Å². The van der Waals surface area contributed by atoms with Crippen LogP contribution in [0.2, 0.25) is 0 Å². The van der Waals surface area contributed by atoms with Gasteiger partial charge in [-0.25, -0.2) is 0 Å². The van der Waals surface area contributed by atoms with Crippen LogP contribution in [0.4, 0.5) is 0 Å². The molecule has 1 atom stereocenters. The van der Waals surface area contributed by atoms with Gasteiger partial charge in [-0.15, -0.1) is 0 Å². The Morgan fingerprint density at radius 3 is 2.29 bits per heavy atom. The van der Waals surface area contributed by atoms with Gasteiger partial charge in [-0.3, -0.25) is 4.79 Å². The van der Waals surface area contributed by atoms with Crippen molar-refractivity contribution < 1.29 is 9.53 Å². The molecule has 0 amide bonds. The highest BCUT2D eigenvalue weighted by Gasteiger charge is 2.21. The first-order valence-corrected chi connectivity index (χ1v) is 6.24. The maximum absolute atomic E-state index is 11.8. The fourth-order valence-electron chi connectivity index (χ4n) is 2.18. The second-order valence-corrected chi connectivity index (χ2v) is 4.64. The molecule has 17 heavy (non-hydrogen) atoms. The summed E-state index contributed by atoms with van der Waals surface area (Å²) in [5, 5.41) is 0. The van der Waals surface area contributed by atoms with Crippen molar-refractivity contribution in [3.63, 3.8) is 0 Å². The molecule has 0 saturated heterocycles. The zero-order valence-corrected chi connectivity index (χ0v) is 11.2. The number of unbranched alkanes of at least 4 members (excludes halogenated alkanes) is 1.